The zero-order chi connectivity index (χ0) is 11.5. The minimum atomic E-state index is -0.391. The fraction of sp³-hybridized carbons (Fsp3) is 0.250. The summed E-state index contributed by atoms with van der Waals surface area (Å²) in [7, 11) is 0. The van der Waals surface area contributed by atoms with Crippen LogP contribution in [0.3, 0.4) is 0 Å². The van der Waals surface area contributed by atoms with Crippen LogP contribution in [0.1, 0.15) is 12.5 Å². The van der Waals surface area contributed by atoms with Crippen molar-refractivity contribution in [2.24, 2.45) is 0 Å². The van der Waals surface area contributed by atoms with E-state index in [0.29, 0.717) is 23.5 Å². The van der Waals surface area contributed by atoms with Crippen molar-refractivity contribution in [1.29, 1.82) is 0 Å². The van der Waals surface area contributed by atoms with Crippen LogP contribution in [-0.2, 0) is 9.53 Å². The Morgan fingerprint density at radius 1 is 1.56 bits per heavy atom. The first-order chi connectivity index (χ1) is 7.70. The maximum atomic E-state index is 12.9. The number of rotatable bonds is 2. The number of esters is 1. The molecule has 4 heteroatoms. The van der Waals surface area contributed by atoms with E-state index >= 15 is 0 Å². The van der Waals surface area contributed by atoms with Crippen molar-refractivity contribution < 1.29 is 18.7 Å². The van der Waals surface area contributed by atoms with Crippen LogP contribution in [0.2, 0.25) is 0 Å². The smallest absolute Gasteiger partial charge is 0.337 e. The third-order valence-corrected chi connectivity index (χ3v) is 2.23. The molecular formula is C12H11FO3. The topological polar surface area (TPSA) is 35.5 Å². The molecular weight excluding hydrogens is 211 g/mol. The van der Waals surface area contributed by atoms with Crippen molar-refractivity contribution in [2.45, 2.75) is 6.92 Å². The molecule has 0 unspecified atom stereocenters. The maximum Gasteiger partial charge on any atom is 0.337 e. The van der Waals surface area contributed by atoms with Crippen LogP contribution in [0.4, 0.5) is 4.39 Å². The Bertz CT molecular complexity index is 452. The molecule has 1 heterocycles. The van der Waals surface area contributed by atoms with Crippen molar-refractivity contribution in [2.75, 3.05) is 13.2 Å². The van der Waals surface area contributed by atoms with E-state index in [1.54, 1.807) is 19.1 Å². The minimum Gasteiger partial charge on any atom is -0.488 e. The molecule has 0 aliphatic carbocycles. The number of hydrogen-bond donors (Lipinski definition) is 0. The molecule has 1 aromatic rings. The third-order valence-electron chi connectivity index (χ3n) is 2.23. The molecule has 1 aromatic carbocycles. The Morgan fingerprint density at radius 3 is 3.12 bits per heavy atom. The van der Waals surface area contributed by atoms with E-state index in [1.807, 2.05) is 0 Å². The summed E-state index contributed by atoms with van der Waals surface area (Å²) in [4.78, 5) is 11.4. The van der Waals surface area contributed by atoms with Gasteiger partial charge in [0.1, 0.15) is 18.2 Å². The van der Waals surface area contributed by atoms with Crippen molar-refractivity contribution >= 4 is 12.0 Å². The molecule has 0 saturated heterocycles. The van der Waals surface area contributed by atoms with Gasteiger partial charge in [-0.3, -0.25) is 0 Å². The van der Waals surface area contributed by atoms with Crippen molar-refractivity contribution in [3.05, 3.63) is 35.2 Å². The SMILES string of the molecule is CCOC(=O)C1=Cc2ccc(F)cc2OC1. The van der Waals surface area contributed by atoms with Crippen molar-refractivity contribution in [3.63, 3.8) is 0 Å². The molecule has 0 spiro atoms. The first-order valence-electron chi connectivity index (χ1n) is 5.00. The molecule has 1 aliphatic heterocycles. The highest BCUT2D eigenvalue weighted by Gasteiger charge is 2.18. The Morgan fingerprint density at radius 2 is 2.38 bits per heavy atom. The highest BCUT2D eigenvalue weighted by Crippen LogP contribution is 2.27. The normalized spacial score (nSPS) is 13.5. The molecule has 0 saturated carbocycles. The van der Waals surface area contributed by atoms with Crippen LogP contribution < -0.4 is 4.74 Å². The summed E-state index contributed by atoms with van der Waals surface area (Å²) in [5, 5.41) is 0. The van der Waals surface area contributed by atoms with E-state index in [4.69, 9.17) is 9.47 Å². The van der Waals surface area contributed by atoms with Crippen LogP contribution in [0, 0.1) is 5.82 Å². The lowest BCUT2D eigenvalue weighted by Crippen LogP contribution is -2.17. The molecule has 16 heavy (non-hydrogen) atoms. The molecule has 1 aliphatic rings. The van der Waals surface area contributed by atoms with Gasteiger partial charge in [0.2, 0.25) is 0 Å². The molecule has 0 amide bonds. The molecule has 84 valence electrons. The van der Waals surface area contributed by atoms with Gasteiger partial charge in [0, 0.05) is 11.6 Å². The Kier molecular flexibility index (Phi) is 2.90. The summed E-state index contributed by atoms with van der Waals surface area (Å²) in [5.74, 6) is -0.294. The standard InChI is InChI=1S/C12H11FO3/c1-2-15-12(14)9-5-8-3-4-10(13)6-11(8)16-7-9/h3-6H,2,7H2,1H3. The predicted octanol–water partition coefficient (Wildman–Crippen LogP) is 2.16. The maximum absolute atomic E-state index is 12.9. The monoisotopic (exact) mass is 222 g/mol. The number of halogens is 1. The largest absolute Gasteiger partial charge is 0.488 e. The van der Waals surface area contributed by atoms with Gasteiger partial charge in [-0.2, -0.15) is 0 Å². The van der Waals surface area contributed by atoms with Gasteiger partial charge >= 0.3 is 5.97 Å². The van der Waals surface area contributed by atoms with Crippen LogP contribution >= 0.6 is 0 Å². The third kappa shape index (κ3) is 2.05. The first kappa shape index (κ1) is 10.7. The molecule has 0 radical (unpaired) electrons. The fourth-order valence-corrected chi connectivity index (χ4v) is 1.48. The highest BCUT2D eigenvalue weighted by atomic mass is 19.1. The zero-order valence-corrected chi connectivity index (χ0v) is 8.83. The quantitative estimate of drug-likeness (QED) is 0.719. The summed E-state index contributed by atoms with van der Waals surface area (Å²) < 4.78 is 23.0. The molecule has 0 fully saturated rings. The number of carbonyl (C=O) groups excluding carboxylic acids is 1. The van der Waals surface area contributed by atoms with E-state index in [0.717, 1.165) is 0 Å². The number of benzene rings is 1. The molecule has 0 aromatic heterocycles. The summed E-state index contributed by atoms with van der Waals surface area (Å²) in [6, 6.07) is 4.20. The number of carbonyl (C=O) groups is 1. The second-order valence-corrected chi connectivity index (χ2v) is 3.36. The van der Waals surface area contributed by atoms with Crippen molar-refractivity contribution in [3.8, 4) is 5.75 Å². The zero-order valence-electron chi connectivity index (χ0n) is 8.83. The average molecular weight is 222 g/mol. The minimum absolute atomic E-state index is 0.120. The van der Waals surface area contributed by atoms with Gasteiger partial charge in [-0.05, 0) is 25.1 Å². The van der Waals surface area contributed by atoms with Crippen LogP contribution in [-0.4, -0.2) is 19.2 Å². The summed E-state index contributed by atoms with van der Waals surface area (Å²) in [6.45, 7) is 2.19. The second kappa shape index (κ2) is 4.35. The average Bonchev–Trinajstić information content (AvgIpc) is 2.28. The van der Waals surface area contributed by atoms with Gasteiger partial charge in [-0.25, -0.2) is 9.18 Å². The van der Waals surface area contributed by atoms with E-state index < -0.39 is 5.97 Å². The number of ether oxygens (including phenoxy) is 2. The van der Waals surface area contributed by atoms with E-state index in [9.17, 15) is 9.18 Å². The Labute approximate surface area is 92.5 Å². The molecule has 0 bridgehead atoms. The van der Waals surface area contributed by atoms with Crippen molar-refractivity contribution in [1.82, 2.24) is 0 Å². The van der Waals surface area contributed by atoms with Gasteiger partial charge in [0.15, 0.2) is 0 Å². The Hall–Kier alpha value is -1.84. The van der Waals surface area contributed by atoms with Gasteiger partial charge in [0.05, 0.1) is 12.2 Å². The lowest BCUT2D eigenvalue weighted by atomic mass is 10.1. The molecule has 3 nitrogen and oxygen atoms in total. The van der Waals surface area contributed by atoms with E-state index in [1.165, 1.54) is 12.1 Å². The van der Waals surface area contributed by atoms with Crippen LogP contribution in [0.15, 0.2) is 23.8 Å². The highest BCUT2D eigenvalue weighted by molar-refractivity contribution is 5.95. The second-order valence-electron chi connectivity index (χ2n) is 3.36. The summed E-state index contributed by atoms with van der Waals surface area (Å²) in [6.07, 6.45) is 1.66. The van der Waals surface area contributed by atoms with Crippen LogP contribution in [0.25, 0.3) is 6.08 Å². The van der Waals surface area contributed by atoms with E-state index in [2.05, 4.69) is 0 Å². The summed E-state index contributed by atoms with van der Waals surface area (Å²) >= 11 is 0. The van der Waals surface area contributed by atoms with Gasteiger partial charge in [-0.1, -0.05) is 0 Å². The van der Waals surface area contributed by atoms with E-state index in [-0.39, 0.29) is 12.4 Å². The molecule has 0 N–H and O–H groups in total. The fourth-order valence-electron chi connectivity index (χ4n) is 1.48. The van der Waals surface area contributed by atoms with Gasteiger partial charge in [0.25, 0.3) is 0 Å². The van der Waals surface area contributed by atoms with Gasteiger partial charge < -0.3 is 9.47 Å². The lowest BCUT2D eigenvalue weighted by molar-refractivity contribution is -0.138. The molecule has 0 atom stereocenters. The number of fused-ring (bicyclic) bond motifs is 1. The van der Waals surface area contributed by atoms with Gasteiger partial charge in [-0.15, -0.1) is 0 Å². The predicted molar refractivity (Wildman–Crippen MR) is 56.5 cm³/mol. The first-order valence-corrected chi connectivity index (χ1v) is 5.00. The molecule has 2 rings (SSSR count). The number of hydrogen-bond acceptors (Lipinski definition) is 3. The lowest BCUT2D eigenvalue weighted by Gasteiger charge is -2.16. The summed E-state index contributed by atoms with van der Waals surface area (Å²) in [5.41, 5.74) is 1.14. The van der Waals surface area contributed by atoms with Crippen LogP contribution in [0.5, 0.6) is 5.75 Å². The Balaban J connectivity index is 2.28.